The number of hydrogen-bond acceptors (Lipinski definition) is 3. The maximum Gasteiger partial charge on any atom is 0.245 e. The third-order valence-electron chi connectivity index (χ3n) is 2.57. The first-order valence-corrected chi connectivity index (χ1v) is 5.33. The second-order valence-corrected chi connectivity index (χ2v) is 4.01. The van der Waals surface area contributed by atoms with Gasteiger partial charge in [0.1, 0.15) is 19.2 Å². The minimum atomic E-state index is 0.00958. The van der Waals surface area contributed by atoms with E-state index in [1.807, 2.05) is 0 Å². The Bertz CT molecular complexity index is 389. The van der Waals surface area contributed by atoms with E-state index in [1.165, 1.54) is 30.2 Å². The third-order valence-corrected chi connectivity index (χ3v) is 2.57. The highest BCUT2D eigenvalue weighted by Gasteiger charge is 2.26. The highest BCUT2D eigenvalue weighted by molar-refractivity contribution is 5.76. The Morgan fingerprint density at radius 2 is 2.44 bits per heavy atom. The van der Waals surface area contributed by atoms with Crippen LogP contribution in [0.4, 0.5) is 0 Å². The summed E-state index contributed by atoms with van der Waals surface area (Å²) < 4.78 is 1.51. The van der Waals surface area contributed by atoms with Gasteiger partial charge in [-0.15, -0.1) is 6.42 Å². The van der Waals surface area contributed by atoms with Gasteiger partial charge in [0.05, 0.1) is 6.54 Å². The predicted molar refractivity (Wildman–Crippen MR) is 58.2 cm³/mol. The van der Waals surface area contributed by atoms with Crippen LogP contribution in [0.25, 0.3) is 0 Å². The molecule has 5 heteroatoms. The monoisotopic (exact) mass is 218 g/mol. The van der Waals surface area contributed by atoms with Crippen LogP contribution in [0.5, 0.6) is 0 Å². The van der Waals surface area contributed by atoms with E-state index >= 15 is 0 Å². The summed E-state index contributed by atoms with van der Waals surface area (Å²) in [5.41, 5.74) is 0. The Kier molecular flexibility index (Phi) is 3.20. The smallest absolute Gasteiger partial charge is 0.245 e. The molecular weight excluding hydrogens is 204 g/mol. The first-order valence-electron chi connectivity index (χ1n) is 5.33. The Balaban J connectivity index is 1.90. The summed E-state index contributed by atoms with van der Waals surface area (Å²) >= 11 is 0. The molecule has 0 saturated heterocycles. The van der Waals surface area contributed by atoms with Crippen LogP contribution in [0.3, 0.4) is 0 Å². The number of rotatable bonds is 5. The minimum absolute atomic E-state index is 0.00958. The molecule has 1 heterocycles. The molecule has 0 N–H and O–H groups in total. The van der Waals surface area contributed by atoms with Crippen LogP contribution in [0, 0.1) is 18.3 Å². The van der Waals surface area contributed by atoms with Crippen molar-refractivity contribution in [1.82, 2.24) is 19.7 Å². The van der Waals surface area contributed by atoms with E-state index in [4.69, 9.17) is 6.42 Å². The fourth-order valence-electron chi connectivity index (χ4n) is 1.53. The van der Waals surface area contributed by atoms with Gasteiger partial charge >= 0.3 is 0 Å². The van der Waals surface area contributed by atoms with E-state index in [9.17, 15) is 4.79 Å². The molecule has 1 saturated carbocycles. The molecule has 0 bridgehead atoms. The van der Waals surface area contributed by atoms with E-state index in [-0.39, 0.29) is 12.5 Å². The molecule has 2 rings (SSSR count). The Labute approximate surface area is 94.5 Å². The SMILES string of the molecule is C#CCN(CC1CC1)C(=O)Cn1cncn1. The molecule has 1 aliphatic rings. The highest BCUT2D eigenvalue weighted by atomic mass is 16.2. The molecule has 0 atom stereocenters. The fourth-order valence-corrected chi connectivity index (χ4v) is 1.53. The molecule has 84 valence electrons. The quantitative estimate of drug-likeness (QED) is 0.661. The van der Waals surface area contributed by atoms with Gasteiger partial charge in [0.2, 0.25) is 5.91 Å². The number of carbonyl (C=O) groups is 1. The summed E-state index contributed by atoms with van der Waals surface area (Å²) in [6, 6.07) is 0. The molecule has 0 unspecified atom stereocenters. The van der Waals surface area contributed by atoms with Crippen molar-refractivity contribution in [2.45, 2.75) is 19.4 Å². The summed E-state index contributed by atoms with van der Waals surface area (Å²) in [5, 5.41) is 3.90. The summed E-state index contributed by atoms with van der Waals surface area (Å²) in [4.78, 5) is 17.4. The van der Waals surface area contributed by atoms with Crippen LogP contribution < -0.4 is 0 Å². The lowest BCUT2D eigenvalue weighted by Gasteiger charge is -2.19. The molecule has 1 aromatic heterocycles. The van der Waals surface area contributed by atoms with Crippen LogP contribution in [0.2, 0.25) is 0 Å². The standard InChI is InChI=1S/C11H14N4O/c1-2-5-14(6-10-3-4-10)11(16)7-15-9-12-8-13-15/h1,8-10H,3-7H2. The number of amides is 1. The second-order valence-electron chi connectivity index (χ2n) is 4.01. The van der Waals surface area contributed by atoms with Gasteiger partial charge in [0.25, 0.3) is 0 Å². The number of nitrogens with zero attached hydrogens (tertiary/aromatic N) is 4. The third kappa shape index (κ3) is 2.83. The molecule has 0 spiro atoms. The zero-order chi connectivity index (χ0) is 11.4. The van der Waals surface area contributed by atoms with Crippen molar-refractivity contribution in [3.8, 4) is 12.3 Å². The summed E-state index contributed by atoms with van der Waals surface area (Å²) in [7, 11) is 0. The number of terminal acetylenes is 1. The van der Waals surface area contributed by atoms with Gasteiger partial charge in [-0.2, -0.15) is 5.10 Å². The van der Waals surface area contributed by atoms with Gasteiger partial charge in [-0.05, 0) is 18.8 Å². The number of aromatic nitrogens is 3. The topological polar surface area (TPSA) is 51.0 Å². The molecular formula is C11H14N4O. The van der Waals surface area contributed by atoms with E-state index < -0.39 is 0 Å². The lowest BCUT2D eigenvalue weighted by molar-refractivity contribution is -0.131. The first kappa shape index (κ1) is 10.7. The average molecular weight is 218 g/mol. The Morgan fingerprint density at radius 3 is 3.00 bits per heavy atom. The van der Waals surface area contributed by atoms with Crippen LogP contribution in [0.15, 0.2) is 12.7 Å². The fraction of sp³-hybridized carbons (Fsp3) is 0.545. The summed E-state index contributed by atoms with van der Waals surface area (Å²) in [6.07, 6.45) is 10.6. The zero-order valence-corrected chi connectivity index (χ0v) is 9.04. The lowest BCUT2D eigenvalue weighted by Crippen LogP contribution is -2.35. The molecule has 16 heavy (non-hydrogen) atoms. The summed E-state index contributed by atoms with van der Waals surface area (Å²) in [6.45, 7) is 1.37. The highest BCUT2D eigenvalue weighted by Crippen LogP contribution is 2.29. The van der Waals surface area contributed by atoms with Crippen molar-refractivity contribution < 1.29 is 4.79 Å². The second kappa shape index (κ2) is 4.79. The van der Waals surface area contributed by atoms with Gasteiger partial charge in [-0.1, -0.05) is 5.92 Å². The molecule has 0 aromatic carbocycles. The van der Waals surface area contributed by atoms with E-state index in [0.29, 0.717) is 12.5 Å². The average Bonchev–Trinajstić information content (AvgIpc) is 2.94. The maximum atomic E-state index is 11.9. The van der Waals surface area contributed by atoms with Crippen LogP contribution in [-0.4, -0.2) is 38.7 Å². The Morgan fingerprint density at radius 1 is 1.62 bits per heavy atom. The van der Waals surface area contributed by atoms with Crippen molar-refractivity contribution in [2.24, 2.45) is 5.92 Å². The molecule has 1 aliphatic carbocycles. The van der Waals surface area contributed by atoms with Crippen molar-refractivity contribution >= 4 is 5.91 Å². The Hall–Kier alpha value is -1.83. The van der Waals surface area contributed by atoms with Gasteiger partial charge in [-0.3, -0.25) is 4.79 Å². The maximum absolute atomic E-state index is 11.9. The van der Waals surface area contributed by atoms with Gasteiger partial charge in [0.15, 0.2) is 0 Å². The molecule has 1 fully saturated rings. The largest absolute Gasteiger partial charge is 0.330 e. The number of carbonyl (C=O) groups excluding carboxylic acids is 1. The predicted octanol–water partition coefficient (Wildman–Crippen LogP) is 0.150. The summed E-state index contributed by atoms with van der Waals surface area (Å²) in [5.74, 6) is 3.18. The molecule has 1 aromatic rings. The van der Waals surface area contributed by atoms with Gasteiger partial charge < -0.3 is 4.90 Å². The lowest BCUT2D eigenvalue weighted by atomic mass is 10.3. The van der Waals surface area contributed by atoms with E-state index in [1.54, 1.807) is 4.90 Å². The van der Waals surface area contributed by atoms with Crippen LogP contribution in [-0.2, 0) is 11.3 Å². The van der Waals surface area contributed by atoms with Crippen molar-refractivity contribution in [2.75, 3.05) is 13.1 Å². The van der Waals surface area contributed by atoms with Crippen molar-refractivity contribution in [1.29, 1.82) is 0 Å². The first-order chi connectivity index (χ1) is 7.79. The number of hydrogen-bond donors (Lipinski definition) is 0. The molecule has 1 amide bonds. The molecule has 0 aliphatic heterocycles. The van der Waals surface area contributed by atoms with Crippen molar-refractivity contribution in [3.63, 3.8) is 0 Å². The van der Waals surface area contributed by atoms with E-state index in [0.717, 1.165) is 6.54 Å². The minimum Gasteiger partial charge on any atom is -0.330 e. The van der Waals surface area contributed by atoms with Crippen LogP contribution >= 0.6 is 0 Å². The van der Waals surface area contributed by atoms with E-state index in [2.05, 4.69) is 16.0 Å². The van der Waals surface area contributed by atoms with Gasteiger partial charge in [-0.25, -0.2) is 9.67 Å². The van der Waals surface area contributed by atoms with Gasteiger partial charge in [0, 0.05) is 6.54 Å². The van der Waals surface area contributed by atoms with Crippen LogP contribution in [0.1, 0.15) is 12.8 Å². The zero-order valence-electron chi connectivity index (χ0n) is 9.04. The molecule has 5 nitrogen and oxygen atoms in total. The molecule has 0 radical (unpaired) electrons. The van der Waals surface area contributed by atoms with Crippen molar-refractivity contribution in [3.05, 3.63) is 12.7 Å². The normalized spacial score (nSPS) is 14.4.